The van der Waals surface area contributed by atoms with Crippen molar-refractivity contribution in [3.8, 4) is 0 Å². The molecule has 0 aliphatic heterocycles. The van der Waals surface area contributed by atoms with Gasteiger partial charge in [0.05, 0.1) is 6.42 Å². The molecule has 1 aromatic rings. The van der Waals surface area contributed by atoms with Gasteiger partial charge in [0.15, 0.2) is 0 Å². The maximum atomic E-state index is 12.2. The zero-order chi connectivity index (χ0) is 14.2. The number of carbonyl (C=O) groups excluding carboxylic acids is 1. The van der Waals surface area contributed by atoms with Gasteiger partial charge in [-0.05, 0) is 36.8 Å². The lowest BCUT2D eigenvalue weighted by atomic mass is 9.78. The standard InChI is InChI=1S/C16H19NO3/c18-14(19)7-9-17-15(20)13-10-16(13)8-3-5-11-4-1-2-6-12(11)16/h1-2,4,6,13H,3,5,7-10H2,(H,17,20)(H,18,19)/t13-,16+/m0/s1. The average molecular weight is 273 g/mol. The van der Waals surface area contributed by atoms with E-state index in [9.17, 15) is 9.59 Å². The van der Waals surface area contributed by atoms with Crippen molar-refractivity contribution in [1.29, 1.82) is 0 Å². The first-order chi connectivity index (χ1) is 9.63. The molecule has 2 N–H and O–H groups in total. The number of rotatable bonds is 4. The van der Waals surface area contributed by atoms with Crippen molar-refractivity contribution in [2.24, 2.45) is 5.92 Å². The fraction of sp³-hybridized carbons (Fsp3) is 0.500. The molecule has 1 spiro atoms. The van der Waals surface area contributed by atoms with E-state index in [4.69, 9.17) is 5.11 Å². The highest BCUT2D eigenvalue weighted by atomic mass is 16.4. The number of carboxylic acids is 1. The molecule has 3 rings (SSSR count). The Bertz CT molecular complexity index is 554. The van der Waals surface area contributed by atoms with Crippen LogP contribution in [0.3, 0.4) is 0 Å². The van der Waals surface area contributed by atoms with Gasteiger partial charge in [-0.25, -0.2) is 0 Å². The van der Waals surface area contributed by atoms with E-state index in [1.807, 2.05) is 6.07 Å². The Hall–Kier alpha value is -1.84. The van der Waals surface area contributed by atoms with Crippen LogP contribution in [0.1, 0.15) is 36.8 Å². The van der Waals surface area contributed by atoms with E-state index in [1.165, 1.54) is 11.1 Å². The lowest BCUT2D eigenvalue weighted by molar-refractivity contribution is -0.136. The molecule has 106 valence electrons. The molecule has 0 heterocycles. The molecule has 20 heavy (non-hydrogen) atoms. The van der Waals surface area contributed by atoms with Crippen LogP contribution in [0.25, 0.3) is 0 Å². The zero-order valence-corrected chi connectivity index (χ0v) is 11.4. The van der Waals surface area contributed by atoms with Crippen LogP contribution in [-0.4, -0.2) is 23.5 Å². The molecule has 4 nitrogen and oxygen atoms in total. The summed E-state index contributed by atoms with van der Waals surface area (Å²) in [6.07, 6.45) is 4.20. The lowest BCUT2D eigenvalue weighted by Gasteiger charge is -2.26. The van der Waals surface area contributed by atoms with E-state index in [-0.39, 0.29) is 30.2 Å². The van der Waals surface area contributed by atoms with E-state index >= 15 is 0 Å². The Morgan fingerprint density at radius 1 is 1.35 bits per heavy atom. The molecule has 1 amide bonds. The molecule has 1 aromatic carbocycles. The van der Waals surface area contributed by atoms with Crippen LogP contribution in [0.2, 0.25) is 0 Å². The number of amides is 1. The minimum Gasteiger partial charge on any atom is -0.481 e. The van der Waals surface area contributed by atoms with Gasteiger partial charge in [-0.3, -0.25) is 9.59 Å². The van der Waals surface area contributed by atoms with E-state index in [1.54, 1.807) is 0 Å². The normalized spacial score (nSPS) is 26.9. The predicted molar refractivity (Wildman–Crippen MR) is 74.4 cm³/mol. The molecule has 0 radical (unpaired) electrons. The van der Waals surface area contributed by atoms with Gasteiger partial charge in [0.2, 0.25) is 5.91 Å². The first-order valence-corrected chi connectivity index (χ1v) is 7.21. The fourth-order valence-corrected chi connectivity index (χ4v) is 3.59. The minimum absolute atomic E-state index is 0.0119. The van der Waals surface area contributed by atoms with Crippen LogP contribution in [0.5, 0.6) is 0 Å². The predicted octanol–water partition coefficient (Wildman–Crippen LogP) is 1.87. The molecule has 2 aliphatic rings. The Morgan fingerprint density at radius 3 is 2.95 bits per heavy atom. The van der Waals surface area contributed by atoms with Gasteiger partial charge in [0.1, 0.15) is 0 Å². The quantitative estimate of drug-likeness (QED) is 0.880. The van der Waals surface area contributed by atoms with Crippen LogP contribution in [-0.2, 0) is 21.4 Å². The molecule has 1 saturated carbocycles. The highest BCUT2D eigenvalue weighted by Gasteiger charge is 2.59. The monoisotopic (exact) mass is 273 g/mol. The Labute approximate surface area is 118 Å². The third-order valence-corrected chi connectivity index (χ3v) is 4.65. The van der Waals surface area contributed by atoms with Gasteiger partial charge in [-0.1, -0.05) is 24.3 Å². The molecule has 0 saturated heterocycles. The van der Waals surface area contributed by atoms with E-state index < -0.39 is 5.97 Å². The van der Waals surface area contributed by atoms with Gasteiger partial charge in [0.25, 0.3) is 0 Å². The number of carboxylic acid groups (broad SMARTS) is 1. The summed E-state index contributed by atoms with van der Waals surface area (Å²) in [5.74, 6) is -0.834. The van der Waals surface area contributed by atoms with Crippen molar-refractivity contribution in [3.63, 3.8) is 0 Å². The molecule has 0 unspecified atom stereocenters. The summed E-state index contributed by atoms with van der Waals surface area (Å²) >= 11 is 0. The molecular weight excluding hydrogens is 254 g/mol. The smallest absolute Gasteiger partial charge is 0.305 e. The third kappa shape index (κ3) is 2.19. The summed E-state index contributed by atoms with van der Waals surface area (Å²) in [5.41, 5.74) is 2.74. The van der Waals surface area contributed by atoms with Gasteiger partial charge >= 0.3 is 5.97 Å². The van der Waals surface area contributed by atoms with Crippen LogP contribution in [0.15, 0.2) is 24.3 Å². The Balaban J connectivity index is 1.69. The summed E-state index contributed by atoms with van der Waals surface area (Å²) in [4.78, 5) is 22.6. The molecule has 2 aliphatic carbocycles. The van der Waals surface area contributed by atoms with Gasteiger partial charge in [-0.15, -0.1) is 0 Å². The first-order valence-electron chi connectivity index (χ1n) is 7.21. The molecule has 4 heteroatoms. The van der Waals surface area contributed by atoms with Crippen molar-refractivity contribution in [3.05, 3.63) is 35.4 Å². The summed E-state index contributed by atoms with van der Waals surface area (Å²) in [6, 6.07) is 8.42. The van der Waals surface area contributed by atoms with E-state index in [0.29, 0.717) is 0 Å². The molecular formula is C16H19NO3. The summed E-state index contributed by atoms with van der Waals surface area (Å²) in [6.45, 7) is 0.225. The SMILES string of the molecule is O=C(O)CCNC(=O)[C@@H]1C[C@@]12CCCc1ccccc12. The number of benzene rings is 1. The maximum Gasteiger partial charge on any atom is 0.305 e. The number of carbonyl (C=O) groups is 2. The lowest BCUT2D eigenvalue weighted by Crippen LogP contribution is -2.31. The fourth-order valence-electron chi connectivity index (χ4n) is 3.59. The van der Waals surface area contributed by atoms with Crippen molar-refractivity contribution in [1.82, 2.24) is 5.32 Å². The topological polar surface area (TPSA) is 66.4 Å². The largest absolute Gasteiger partial charge is 0.481 e. The zero-order valence-electron chi connectivity index (χ0n) is 11.4. The second-order valence-corrected chi connectivity index (χ2v) is 5.86. The highest BCUT2D eigenvalue weighted by Crippen LogP contribution is 2.60. The van der Waals surface area contributed by atoms with Crippen molar-refractivity contribution < 1.29 is 14.7 Å². The van der Waals surface area contributed by atoms with Gasteiger partial charge in [0, 0.05) is 17.9 Å². The second kappa shape index (κ2) is 4.93. The molecule has 2 atom stereocenters. The molecule has 1 fully saturated rings. The van der Waals surface area contributed by atoms with Crippen molar-refractivity contribution >= 4 is 11.9 Å². The van der Waals surface area contributed by atoms with Crippen LogP contribution >= 0.6 is 0 Å². The Kier molecular flexibility index (Phi) is 3.24. The van der Waals surface area contributed by atoms with E-state index in [0.717, 1.165) is 25.7 Å². The van der Waals surface area contributed by atoms with Crippen LogP contribution in [0.4, 0.5) is 0 Å². The number of nitrogens with one attached hydrogen (secondary N) is 1. The number of hydrogen-bond donors (Lipinski definition) is 2. The number of aliphatic carboxylic acids is 1. The number of hydrogen-bond acceptors (Lipinski definition) is 2. The summed E-state index contributed by atoms with van der Waals surface area (Å²) in [7, 11) is 0. The second-order valence-electron chi connectivity index (χ2n) is 5.86. The minimum atomic E-state index is -0.876. The maximum absolute atomic E-state index is 12.2. The van der Waals surface area contributed by atoms with Gasteiger partial charge in [-0.2, -0.15) is 0 Å². The average Bonchev–Trinajstić information content (AvgIpc) is 3.14. The van der Waals surface area contributed by atoms with Gasteiger partial charge < -0.3 is 10.4 Å². The number of aryl methyl sites for hydroxylation is 1. The van der Waals surface area contributed by atoms with Crippen LogP contribution in [0, 0.1) is 5.92 Å². The summed E-state index contributed by atoms with van der Waals surface area (Å²) < 4.78 is 0. The first kappa shape index (κ1) is 13.2. The van der Waals surface area contributed by atoms with E-state index in [2.05, 4.69) is 23.5 Å². The molecule has 0 bridgehead atoms. The number of fused-ring (bicyclic) bond motifs is 2. The third-order valence-electron chi connectivity index (χ3n) is 4.65. The summed E-state index contributed by atoms with van der Waals surface area (Å²) in [5, 5.41) is 11.4. The highest BCUT2D eigenvalue weighted by molar-refractivity contribution is 5.85. The van der Waals surface area contributed by atoms with Crippen LogP contribution < -0.4 is 5.32 Å². The van der Waals surface area contributed by atoms with Crippen molar-refractivity contribution in [2.75, 3.05) is 6.54 Å². The molecule has 0 aromatic heterocycles. The Morgan fingerprint density at radius 2 is 2.15 bits per heavy atom. The van der Waals surface area contributed by atoms with Crippen molar-refractivity contribution in [2.45, 2.75) is 37.5 Å².